The lowest BCUT2D eigenvalue weighted by molar-refractivity contribution is 0.405. The smallest absolute Gasteiger partial charge is 0.181 e. The molecular weight excluding hydrogens is 228 g/mol. The second-order valence-electron chi connectivity index (χ2n) is 2.77. The summed E-state index contributed by atoms with van der Waals surface area (Å²) >= 11 is 3.09. The van der Waals surface area contributed by atoms with Crippen molar-refractivity contribution in [3.05, 3.63) is 30.5 Å². The predicted molar refractivity (Wildman–Crippen MR) is 63.6 cm³/mol. The molecule has 1 heterocycles. The van der Waals surface area contributed by atoms with Crippen LogP contribution < -0.4 is 10.5 Å². The molecular formula is C10H10N2OS2. The first-order valence-electron chi connectivity index (χ1n) is 4.32. The van der Waals surface area contributed by atoms with Crippen LogP contribution in [0.4, 0.5) is 5.13 Å². The molecule has 5 heteroatoms. The molecule has 0 atom stereocenters. The molecule has 0 saturated carbocycles. The van der Waals surface area contributed by atoms with Crippen LogP contribution in [0.25, 0.3) is 0 Å². The van der Waals surface area contributed by atoms with Gasteiger partial charge in [0.05, 0.1) is 22.4 Å². The lowest BCUT2D eigenvalue weighted by atomic mass is 10.3. The van der Waals surface area contributed by atoms with Crippen LogP contribution in [0, 0.1) is 0 Å². The van der Waals surface area contributed by atoms with Crippen molar-refractivity contribution in [3.8, 4) is 5.75 Å². The minimum absolute atomic E-state index is 0.590. The maximum Gasteiger partial charge on any atom is 0.181 e. The third-order valence-corrected chi connectivity index (χ3v) is 3.77. The van der Waals surface area contributed by atoms with Crippen molar-refractivity contribution in [1.82, 2.24) is 4.98 Å². The van der Waals surface area contributed by atoms with Gasteiger partial charge in [0.25, 0.3) is 0 Å². The molecule has 0 unspecified atom stereocenters. The van der Waals surface area contributed by atoms with Gasteiger partial charge in [-0.3, -0.25) is 0 Å². The third-order valence-electron chi connectivity index (χ3n) is 1.78. The van der Waals surface area contributed by atoms with Crippen molar-refractivity contribution < 1.29 is 4.74 Å². The van der Waals surface area contributed by atoms with Gasteiger partial charge in [0, 0.05) is 0 Å². The molecule has 2 aromatic rings. The molecule has 2 rings (SSSR count). The lowest BCUT2D eigenvalue weighted by Crippen LogP contribution is -1.84. The Morgan fingerprint density at radius 1 is 1.40 bits per heavy atom. The van der Waals surface area contributed by atoms with E-state index in [1.54, 1.807) is 25.1 Å². The van der Waals surface area contributed by atoms with E-state index in [2.05, 4.69) is 4.98 Å². The highest BCUT2D eigenvalue weighted by Gasteiger charge is 2.06. The Labute approximate surface area is 96.3 Å². The van der Waals surface area contributed by atoms with E-state index in [1.807, 2.05) is 24.3 Å². The van der Waals surface area contributed by atoms with E-state index in [-0.39, 0.29) is 0 Å². The van der Waals surface area contributed by atoms with Gasteiger partial charge in [0.2, 0.25) is 0 Å². The van der Waals surface area contributed by atoms with Crippen molar-refractivity contribution in [3.63, 3.8) is 0 Å². The zero-order chi connectivity index (χ0) is 10.7. The van der Waals surface area contributed by atoms with Crippen LogP contribution in [-0.2, 0) is 0 Å². The number of nitrogens with two attached hydrogens (primary N) is 1. The predicted octanol–water partition coefficient (Wildman–Crippen LogP) is 2.89. The number of anilines is 1. The van der Waals surface area contributed by atoms with Crippen LogP contribution in [0.2, 0.25) is 0 Å². The van der Waals surface area contributed by atoms with Gasteiger partial charge in [-0.25, -0.2) is 4.98 Å². The van der Waals surface area contributed by atoms with Crippen molar-refractivity contribution in [2.75, 3.05) is 12.8 Å². The molecule has 0 aliphatic rings. The zero-order valence-electron chi connectivity index (χ0n) is 8.14. The Hall–Kier alpha value is -1.20. The van der Waals surface area contributed by atoms with Gasteiger partial charge in [-0.1, -0.05) is 35.2 Å². The summed E-state index contributed by atoms with van der Waals surface area (Å²) in [6.07, 6.45) is 1.77. The highest BCUT2D eigenvalue weighted by atomic mass is 32.2. The molecule has 0 radical (unpaired) electrons. The zero-order valence-corrected chi connectivity index (χ0v) is 9.77. The molecule has 2 N–H and O–H groups in total. The molecule has 15 heavy (non-hydrogen) atoms. The average Bonchev–Trinajstić information content (AvgIpc) is 2.65. The topological polar surface area (TPSA) is 48.1 Å². The minimum atomic E-state index is 0.590. The number of para-hydroxylation sites is 1. The van der Waals surface area contributed by atoms with Crippen LogP contribution in [0.15, 0.2) is 39.6 Å². The molecule has 0 aliphatic carbocycles. The van der Waals surface area contributed by atoms with E-state index in [4.69, 9.17) is 10.5 Å². The van der Waals surface area contributed by atoms with Gasteiger partial charge >= 0.3 is 0 Å². The second kappa shape index (κ2) is 4.55. The van der Waals surface area contributed by atoms with Crippen LogP contribution >= 0.6 is 23.1 Å². The SMILES string of the molecule is COc1ccccc1Sc1cnc(N)s1. The first-order valence-corrected chi connectivity index (χ1v) is 5.95. The highest BCUT2D eigenvalue weighted by Crippen LogP contribution is 2.37. The van der Waals surface area contributed by atoms with E-state index in [0.717, 1.165) is 14.9 Å². The van der Waals surface area contributed by atoms with Crippen LogP contribution in [-0.4, -0.2) is 12.1 Å². The van der Waals surface area contributed by atoms with Crippen molar-refractivity contribution in [1.29, 1.82) is 0 Å². The number of nitrogens with zero attached hydrogens (tertiary/aromatic N) is 1. The van der Waals surface area contributed by atoms with Crippen LogP contribution in [0.5, 0.6) is 5.75 Å². The van der Waals surface area contributed by atoms with Gasteiger partial charge in [0.15, 0.2) is 5.13 Å². The number of benzene rings is 1. The van der Waals surface area contributed by atoms with Gasteiger partial charge in [-0.15, -0.1) is 0 Å². The molecule has 1 aromatic heterocycles. The lowest BCUT2D eigenvalue weighted by Gasteiger charge is -2.05. The largest absolute Gasteiger partial charge is 0.496 e. The monoisotopic (exact) mass is 238 g/mol. The van der Waals surface area contributed by atoms with Crippen LogP contribution in [0.3, 0.4) is 0 Å². The molecule has 0 amide bonds. The highest BCUT2D eigenvalue weighted by molar-refractivity contribution is 8.01. The number of thiazole rings is 1. The fourth-order valence-electron chi connectivity index (χ4n) is 1.13. The summed E-state index contributed by atoms with van der Waals surface area (Å²) in [7, 11) is 1.67. The number of methoxy groups -OCH3 is 1. The Morgan fingerprint density at radius 3 is 2.87 bits per heavy atom. The molecule has 0 aliphatic heterocycles. The molecule has 0 spiro atoms. The molecule has 1 aromatic carbocycles. The summed E-state index contributed by atoms with van der Waals surface area (Å²) in [5.41, 5.74) is 5.57. The van der Waals surface area contributed by atoms with Crippen molar-refractivity contribution in [2.45, 2.75) is 9.10 Å². The molecule has 0 bridgehead atoms. The van der Waals surface area contributed by atoms with Crippen molar-refractivity contribution in [2.24, 2.45) is 0 Å². The third kappa shape index (κ3) is 2.43. The first-order chi connectivity index (χ1) is 7.29. The number of hydrogen-bond donors (Lipinski definition) is 1. The summed E-state index contributed by atoms with van der Waals surface area (Å²) in [6.45, 7) is 0. The Morgan fingerprint density at radius 2 is 2.20 bits per heavy atom. The van der Waals surface area contributed by atoms with Gasteiger partial charge in [-0.05, 0) is 12.1 Å². The summed E-state index contributed by atoms with van der Waals surface area (Å²) in [5, 5.41) is 0.590. The maximum absolute atomic E-state index is 5.57. The fourth-order valence-corrected chi connectivity index (χ4v) is 2.96. The minimum Gasteiger partial charge on any atom is -0.496 e. The Kier molecular flexibility index (Phi) is 3.13. The molecule has 0 saturated heterocycles. The summed E-state index contributed by atoms with van der Waals surface area (Å²) in [5.74, 6) is 0.870. The molecule has 78 valence electrons. The number of rotatable bonds is 3. The van der Waals surface area contributed by atoms with E-state index in [1.165, 1.54) is 11.3 Å². The van der Waals surface area contributed by atoms with Crippen molar-refractivity contribution >= 4 is 28.2 Å². The van der Waals surface area contributed by atoms with Gasteiger partial charge in [0.1, 0.15) is 5.75 Å². The van der Waals surface area contributed by atoms with Gasteiger partial charge in [-0.2, -0.15) is 0 Å². The van der Waals surface area contributed by atoms with E-state index in [0.29, 0.717) is 5.13 Å². The Bertz CT molecular complexity index is 456. The summed E-state index contributed by atoms with van der Waals surface area (Å²) in [6, 6.07) is 7.88. The summed E-state index contributed by atoms with van der Waals surface area (Å²) in [4.78, 5) is 5.08. The summed E-state index contributed by atoms with van der Waals surface area (Å²) < 4.78 is 6.32. The standard InChI is InChI=1S/C10H10N2OS2/c1-13-7-4-2-3-5-8(7)14-9-6-12-10(11)15-9/h2-6H,1H3,(H2,11,12). The number of aromatic nitrogens is 1. The Balaban J connectivity index is 2.23. The average molecular weight is 238 g/mol. The number of hydrogen-bond acceptors (Lipinski definition) is 5. The van der Waals surface area contributed by atoms with E-state index in [9.17, 15) is 0 Å². The second-order valence-corrected chi connectivity index (χ2v) is 5.17. The van der Waals surface area contributed by atoms with E-state index >= 15 is 0 Å². The normalized spacial score (nSPS) is 10.2. The fraction of sp³-hybridized carbons (Fsp3) is 0.100. The van der Waals surface area contributed by atoms with E-state index < -0.39 is 0 Å². The number of nitrogen functional groups attached to an aromatic ring is 1. The first kappa shape index (κ1) is 10.3. The number of ether oxygens (including phenoxy) is 1. The van der Waals surface area contributed by atoms with Crippen LogP contribution in [0.1, 0.15) is 0 Å². The molecule has 3 nitrogen and oxygen atoms in total. The van der Waals surface area contributed by atoms with Gasteiger partial charge < -0.3 is 10.5 Å². The quantitative estimate of drug-likeness (QED) is 0.893. The maximum atomic E-state index is 5.57. The molecule has 0 fully saturated rings.